The molecule has 14 heavy (non-hydrogen) atoms. The number of hydrogen-bond donors (Lipinski definition) is 2. The predicted octanol–water partition coefficient (Wildman–Crippen LogP) is -0.253. The first-order valence-corrected chi connectivity index (χ1v) is 4.21. The minimum absolute atomic E-state index is 0.0859. The van der Waals surface area contributed by atoms with E-state index in [1.54, 1.807) is 6.92 Å². The Bertz CT molecular complexity index is 208. The molecular weight excluding hydrogens is 188 g/mol. The molecule has 82 valence electrons. The van der Waals surface area contributed by atoms with Crippen LogP contribution in [0.25, 0.3) is 0 Å². The van der Waals surface area contributed by atoms with Gasteiger partial charge in [0.25, 0.3) is 0 Å². The second kappa shape index (κ2) is 6.20. The van der Waals surface area contributed by atoms with Crippen LogP contribution in [0, 0.1) is 0 Å². The largest absolute Gasteiger partial charge is 0.480 e. The number of carboxylic acids is 1. The van der Waals surface area contributed by atoms with Gasteiger partial charge in [-0.2, -0.15) is 0 Å². The van der Waals surface area contributed by atoms with Gasteiger partial charge in [0, 0.05) is 20.7 Å². The number of carbonyl (C=O) groups is 2. The number of nitrogens with zero attached hydrogens (tertiary/aromatic N) is 1. The lowest BCUT2D eigenvalue weighted by Gasteiger charge is -2.17. The maximum atomic E-state index is 11.2. The number of rotatable bonds is 5. The smallest absolute Gasteiger partial charge is 0.323 e. The molecule has 0 spiro atoms. The van der Waals surface area contributed by atoms with Crippen molar-refractivity contribution in [3.63, 3.8) is 0 Å². The van der Waals surface area contributed by atoms with Gasteiger partial charge in [0.1, 0.15) is 6.54 Å². The minimum atomic E-state index is -1.04. The fourth-order valence-corrected chi connectivity index (χ4v) is 0.724. The van der Waals surface area contributed by atoms with Crippen LogP contribution >= 0.6 is 0 Å². The van der Waals surface area contributed by atoms with Gasteiger partial charge in [-0.1, -0.05) is 0 Å². The van der Waals surface area contributed by atoms with Crippen LogP contribution in [0.5, 0.6) is 0 Å². The standard InChI is InChI=1S/C8H16N2O4/c1-6(14-3)4-9-8(13)10(2)5-7(11)12/h6H,4-5H2,1-3H3,(H,9,13)(H,11,12). The molecule has 0 aliphatic carbocycles. The molecule has 2 N–H and O–H groups in total. The molecule has 6 nitrogen and oxygen atoms in total. The number of likely N-dealkylation sites (N-methyl/N-ethyl adjacent to an activating group) is 1. The van der Waals surface area contributed by atoms with Crippen molar-refractivity contribution in [3.05, 3.63) is 0 Å². The summed E-state index contributed by atoms with van der Waals surface area (Å²) in [6.45, 7) is 1.85. The molecule has 6 heteroatoms. The monoisotopic (exact) mass is 204 g/mol. The summed E-state index contributed by atoms with van der Waals surface area (Å²) in [5.41, 5.74) is 0. The Kier molecular flexibility index (Phi) is 5.62. The fourth-order valence-electron chi connectivity index (χ4n) is 0.724. The third-order valence-electron chi connectivity index (χ3n) is 1.66. The van der Waals surface area contributed by atoms with E-state index >= 15 is 0 Å². The molecule has 0 aliphatic rings. The van der Waals surface area contributed by atoms with Crippen molar-refractivity contribution < 1.29 is 19.4 Å². The third-order valence-corrected chi connectivity index (χ3v) is 1.66. The molecule has 0 heterocycles. The normalized spacial score (nSPS) is 11.9. The highest BCUT2D eigenvalue weighted by atomic mass is 16.5. The van der Waals surface area contributed by atoms with Gasteiger partial charge in [0.15, 0.2) is 0 Å². The lowest BCUT2D eigenvalue weighted by Crippen LogP contribution is -2.42. The molecule has 0 saturated heterocycles. The van der Waals surface area contributed by atoms with Crippen LogP contribution in [0.4, 0.5) is 4.79 Å². The van der Waals surface area contributed by atoms with E-state index in [1.807, 2.05) is 0 Å². The van der Waals surface area contributed by atoms with Crippen LogP contribution in [0.2, 0.25) is 0 Å². The van der Waals surface area contributed by atoms with E-state index in [0.29, 0.717) is 6.54 Å². The number of hydrogen-bond acceptors (Lipinski definition) is 3. The van der Waals surface area contributed by atoms with Gasteiger partial charge in [0.2, 0.25) is 0 Å². The molecule has 0 aromatic heterocycles. The number of nitrogens with one attached hydrogen (secondary N) is 1. The highest BCUT2D eigenvalue weighted by Gasteiger charge is 2.11. The summed E-state index contributed by atoms with van der Waals surface area (Å²) in [4.78, 5) is 22.5. The van der Waals surface area contributed by atoms with E-state index in [1.165, 1.54) is 14.2 Å². The van der Waals surface area contributed by atoms with Crippen molar-refractivity contribution >= 4 is 12.0 Å². The quantitative estimate of drug-likeness (QED) is 0.647. The second-order valence-corrected chi connectivity index (χ2v) is 2.98. The Labute approximate surface area is 82.8 Å². The molecule has 1 atom stereocenters. The summed E-state index contributed by atoms with van der Waals surface area (Å²) in [5, 5.41) is 10.9. The molecule has 0 rings (SSSR count). The molecule has 0 aromatic carbocycles. The van der Waals surface area contributed by atoms with Crippen molar-refractivity contribution in [3.8, 4) is 0 Å². The lowest BCUT2D eigenvalue weighted by atomic mass is 10.4. The molecule has 0 radical (unpaired) electrons. The van der Waals surface area contributed by atoms with Crippen molar-refractivity contribution in [2.24, 2.45) is 0 Å². The van der Waals surface area contributed by atoms with Gasteiger partial charge in [-0.05, 0) is 6.92 Å². The van der Waals surface area contributed by atoms with Gasteiger partial charge >= 0.3 is 12.0 Å². The summed E-state index contributed by atoms with van der Waals surface area (Å²) < 4.78 is 4.91. The first-order valence-electron chi connectivity index (χ1n) is 4.21. The zero-order chi connectivity index (χ0) is 11.1. The Morgan fingerprint density at radius 1 is 1.57 bits per heavy atom. The van der Waals surface area contributed by atoms with Crippen LogP contribution in [0.1, 0.15) is 6.92 Å². The summed E-state index contributed by atoms with van der Waals surface area (Å²) in [6.07, 6.45) is -0.0859. The van der Waals surface area contributed by atoms with Gasteiger partial charge < -0.3 is 20.1 Å². The number of ether oxygens (including phenoxy) is 1. The second-order valence-electron chi connectivity index (χ2n) is 2.98. The van der Waals surface area contributed by atoms with E-state index < -0.39 is 12.0 Å². The van der Waals surface area contributed by atoms with Crippen LogP contribution < -0.4 is 5.32 Å². The number of methoxy groups -OCH3 is 1. The molecule has 0 fully saturated rings. The Balaban J connectivity index is 3.78. The van der Waals surface area contributed by atoms with Crippen LogP contribution in [0.15, 0.2) is 0 Å². The number of carbonyl (C=O) groups excluding carboxylic acids is 1. The zero-order valence-corrected chi connectivity index (χ0v) is 8.61. The van der Waals surface area contributed by atoms with E-state index in [9.17, 15) is 9.59 Å². The Morgan fingerprint density at radius 3 is 2.57 bits per heavy atom. The van der Waals surface area contributed by atoms with Crippen molar-refractivity contribution in [2.75, 3.05) is 27.2 Å². The molecule has 1 unspecified atom stereocenters. The average Bonchev–Trinajstić information content (AvgIpc) is 2.12. The summed E-state index contributed by atoms with van der Waals surface area (Å²) in [6, 6.07) is -0.420. The highest BCUT2D eigenvalue weighted by Crippen LogP contribution is 1.87. The molecule has 0 bridgehead atoms. The minimum Gasteiger partial charge on any atom is -0.480 e. The topological polar surface area (TPSA) is 78.9 Å². The van der Waals surface area contributed by atoms with E-state index in [0.717, 1.165) is 4.90 Å². The first-order chi connectivity index (χ1) is 6.47. The number of urea groups is 1. The van der Waals surface area contributed by atoms with Gasteiger partial charge in [-0.25, -0.2) is 4.79 Å². The summed E-state index contributed by atoms with van der Waals surface area (Å²) in [5.74, 6) is -1.04. The fraction of sp³-hybridized carbons (Fsp3) is 0.750. The maximum Gasteiger partial charge on any atom is 0.323 e. The first kappa shape index (κ1) is 12.7. The average molecular weight is 204 g/mol. The van der Waals surface area contributed by atoms with E-state index in [4.69, 9.17) is 9.84 Å². The molecule has 0 aromatic rings. The maximum absolute atomic E-state index is 11.2. The van der Waals surface area contributed by atoms with Crippen LogP contribution in [-0.2, 0) is 9.53 Å². The van der Waals surface area contributed by atoms with Crippen molar-refractivity contribution in [1.29, 1.82) is 0 Å². The molecule has 0 aliphatic heterocycles. The number of amides is 2. The Hall–Kier alpha value is -1.30. The predicted molar refractivity (Wildman–Crippen MR) is 50.1 cm³/mol. The van der Waals surface area contributed by atoms with E-state index in [2.05, 4.69) is 5.32 Å². The van der Waals surface area contributed by atoms with Crippen molar-refractivity contribution in [2.45, 2.75) is 13.0 Å². The molecule has 2 amide bonds. The molecule has 0 saturated carbocycles. The Morgan fingerprint density at radius 2 is 2.14 bits per heavy atom. The molecular formula is C8H16N2O4. The lowest BCUT2D eigenvalue weighted by molar-refractivity contribution is -0.137. The van der Waals surface area contributed by atoms with Crippen molar-refractivity contribution in [1.82, 2.24) is 10.2 Å². The number of aliphatic carboxylic acids is 1. The van der Waals surface area contributed by atoms with Gasteiger partial charge in [-0.3, -0.25) is 4.79 Å². The van der Waals surface area contributed by atoms with Gasteiger partial charge in [0.05, 0.1) is 6.10 Å². The number of carboxylic acid groups (broad SMARTS) is 1. The highest BCUT2D eigenvalue weighted by molar-refractivity contribution is 5.79. The third kappa shape index (κ3) is 5.36. The summed E-state index contributed by atoms with van der Waals surface area (Å²) in [7, 11) is 2.96. The zero-order valence-electron chi connectivity index (χ0n) is 8.61. The SMILES string of the molecule is COC(C)CNC(=O)N(C)CC(=O)O. The van der Waals surface area contributed by atoms with E-state index in [-0.39, 0.29) is 12.6 Å². The van der Waals surface area contributed by atoms with Crippen LogP contribution in [-0.4, -0.2) is 55.4 Å². The summed E-state index contributed by atoms with van der Waals surface area (Å²) >= 11 is 0. The van der Waals surface area contributed by atoms with Gasteiger partial charge in [-0.15, -0.1) is 0 Å². The van der Waals surface area contributed by atoms with Crippen LogP contribution in [0.3, 0.4) is 0 Å².